The maximum Gasteiger partial charge on any atom is 0.0739 e. The fraction of sp³-hybridized carbons (Fsp3) is 0.118. The minimum Gasteiger partial charge on any atom is -0.362 e. The summed E-state index contributed by atoms with van der Waals surface area (Å²) in [5, 5.41) is 3.17. The molecule has 19 heavy (non-hydrogen) atoms. The Kier molecular flexibility index (Phi) is 4.51. The predicted octanol–water partition coefficient (Wildman–Crippen LogP) is 4.10. The standard InChI is InChI=1S/C17H18N2/c1-3-18-16-13-9-8-12-15(16)17(19-4-2)14-10-6-5-7-11-14/h3,5-13,18H,1,4H2,2H3. The summed E-state index contributed by atoms with van der Waals surface area (Å²) in [6, 6.07) is 18.4. The number of nitrogens with zero attached hydrogens (tertiary/aromatic N) is 1. The molecule has 0 fully saturated rings. The van der Waals surface area contributed by atoms with Gasteiger partial charge in [-0.3, -0.25) is 4.99 Å². The highest BCUT2D eigenvalue weighted by Gasteiger charge is 2.09. The second-order valence-electron chi connectivity index (χ2n) is 4.08. The highest BCUT2D eigenvalue weighted by atomic mass is 14.8. The van der Waals surface area contributed by atoms with Crippen LogP contribution in [0.5, 0.6) is 0 Å². The first-order valence-corrected chi connectivity index (χ1v) is 6.43. The van der Waals surface area contributed by atoms with Crippen molar-refractivity contribution in [2.45, 2.75) is 6.92 Å². The van der Waals surface area contributed by atoms with Gasteiger partial charge in [-0.25, -0.2) is 0 Å². The lowest BCUT2D eigenvalue weighted by Crippen LogP contribution is -2.07. The van der Waals surface area contributed by atoms with Crippen molar-refractivity contribution in [3.05, 3.63) is 78.5 Å². The molecule has 0 bridgehead atoms. The molecule has 96 valence electrons. The highest BCUT2D eigenvalue weighted by Crippen LogP contribution is 2.20. The minimum absolute atomic E-state index is 0.757. The Morgan fingerprint density at radius 3 is 2.47 bits per heavy atom. The number of para-hydroxylation sites is 1. The van der Waals surface area contributed by atoms with E-state index >= 15 is 0 Å². The fourth-order valence-corrected chi connectivity index (χ4v) is 2.01. The largest absolute Gasteiger partial charge is 0.362 e. The van der Waals surface area contributed by atoms with E-state index in [1.165, 1.54) is 0 Å². The molecule has 2 aromatic carbocycles. The van der Waals surface area contributed by atoms with Gasteiger partial charge in [0.15, 0.2) is 0 Å². The quantitative estimate of drug-likeness (QED) is 0.794. The third-order valence-electron chi connectivity index (χ3n) is 2.80. The number of hydrogen-bond donors (Lipinski definition) is 1. The van der Waals surface area contributed by atoms with Gasteiger partial charge < -0.3 is 5.32 Å². The first-order valence-electron chi connectivity index (χ1n) is 6.43. The second-order valence-corrected chi connectivity index (χ2v) is 4.08. The van der Waals surface area contributed by atoms with Gasteiger partial charge in [-0.1, -0.05) is 55.1 Å². The lowest BCUT2D eigenvalue weighted by atomic mass is 10.0. The molecule has 0 aliphatic rings. The van der Waals surface area contributed by atoms with Crippen molar-refractivity contribution >= 4 is 11.4 Å². The lowest BCUT2D eigenvalue weighted by molar-refractivity contribution is 1.13. The zero-order chi connectivity index (χ0) is 13.5. The summed E-state index contributed by atoms with van der Waals surface area (Å²) in [6.45, 7) is 6.53. The molecule has 0 atom stereocenters. The topological polar surface area (TPSA) is 24.4 Å². The van der Waals surface area contributed by atoms with E-state index in [-0.39, 0.29) is 0 Å². The summed E-state index contributed by atoms with van der Waals surface area (Å²) in [5.41, 5.74) is 4.25. The van der Waals surface area contributed by atoms with E-state index in [0.717, 1.165) is 29.1 Å². The van der Waals surface area contributed by atoms with E-state index in [2.05, 4.69) is 35.1 Å². The van der Waals surface area contributed by atoms with E-state index in [0.29, 0.717) is 0 Å². The molecule has 0 amide bonds. The van der Waals surface area contributed by atoms with Gasteiger partial charge in [-0.05, 0) is 19.2 Å². The summed E-state index contributed by atoms with van der Waals surface area (Å²) >= 11 is 0. The van der Waals surface area contributed by atoms with Crippen molar-refractivity contribution in [1.82, 2.24) is 0 Å². The Hall–Kier alpha value is -2.35. The van der Waals surface area contributed by atoms with Crippen molar-refractivity contribution in [2.24, 2.45) is 4.99 Å². The molecule has 0 heterocycles. The van der Waals surface area contributed by atoms with Gasteiger partial charge in [-0.15, -0.1) is 0 Å². The Balaban J connectivity index is 2.52. The molecule has 2 rings (SSSR count). The van der Waals surface area contributed by atoms with Crippen molar-refractivity contribution in [2.75, 3.05) is 11.9 Å². The molecule has 0 spiro atoms. The van der Waals surface area contributed by atoms with Gasteiger partial charge in [0.2, 0.25) is 0 Å². The summed E-state index contributed by atoms with van der Waals surface area (Å²) in [6.07, 6.45) is 1.69. The maximum absolute atomic E-state index is 4.65. The van der Waals surface area contributed by atoms with Gasteiger partial charge in [0.1, 0.15) is 0 Å². The van der Waals surface area contributed by atoms with Crippen LogP contribution in [0.15, 0.2) is 72.4 Å². The molecule has 2 nitrogen and oxygen atoms in total. The fourth-order valence-electron chi connectivity index (χ4n) is 2.01. The van der Waals surface area contributed by atoms with Crippen LogP contribution in [0.4, 0.5) is 5.69 Å². The van der Waals surface area contributed by atoms with Crippen LogP contribution in [0.1, 0.15) is 18.1 Å². The van der Waals surface area contributed by atoms with Crippen molar-refractivity contribution in [3.8, 4) is 0 Å². The van der Waals surface area contributed by atoms with Gasteiger partial charge in [0.25, 0.3) is 0 Å². The number of rotatable bonds is 5. The van der Waals surface area contributed by atoms with Crippen LogP contribution >= 0.6 is 0 Å². The predicted molar refractivity (Wildman–Crippen MR) is 82.9 cm³/mol. The average Bonchev–Trinajstić information content (AvgIpc) is 2.47. The molecule has 0 unspecified atom stereocenters. The van der Waals surface area contributed by atoms with E-state index in [1.807, 2.05) is 43.3 Å². The van der Waals surface area contributed by atoms with Crippen LogP contribution in [0, 0.1) is 0 Å². The molecular formula is C17H18N2. The summed E-state index contributed by atoms with van der Waals surface area (Å²) in [4.78, 5) is 4.65. The zero-order valence-corrected chi connectivity index (χ0v) is 11.1. The van der Waals surface area contributed by atoms with Crippen LogP contribution in [0.25, 0.3) is 0 Å². The van der Waals surface area contributed by atoms with E-state index in [4.69, 9.17) is 0 Å². The molecule has 0 aromatic heterocycles. The molecule has 2 heteroatoms. The average molecular weight is 250 g/mol. The summed E-state index contributed by atoms with van der Waals surface area (Å²) < 4.78 is 0. The lowest BCUT2D eigenvalue weighted by Gasteiger charge is -2.12. The monoisotopic (exact) mass is 250 g/mol. The number of aliphatic imine (C=N–C) groups is 1. The molecule has 2 aromatic rings. The van der Waals surface area contributed by atoms with Gasteiger partial charge in [0.05, 0.1) is 5.71 Å². The normalized spacial score (nSPS) is 11.1. The Bertz CT molecular complexity index is 571. The summed E-state index contributed by atoms with van der Waals surface area (Å²) in [5.74, 6) is 0. The van der Waals surface area contributed by atoms with Crippen molar-refractivity contribution in [3.63, 3.8) is 0 Å². The van der Waals surface area contributed by atoms with Crippen molar-refractivity contribution < 1.29 is 0 Å². The van der Waals surface area contributed by atoms with Gasteiger partial charge >= 0.3 is 0 Å². The van der Waals surface area contributed by atoms with E-state index < -0.39 is 0 Å². The van der Waals surface area contributed by atoms with Crippen LogP contribution in [0.2, 0.25) is 0 Å². The third-order valence-corrected chi connectivity index (χ3v) is 2.80. The van der Waals surface area contributed by atoms with E-state index in [1.54, 1.807) is 6.20 Å². The molecular weight excluding hydrogens is 232 g/mol. The first kappa shape index (κ1) is 13.1. The van der Waals surface area contributed by atoms with Crippen molar-refractivity contribution in [1.29, 1.82) is 0 Å². The number of hydrogen-bond acceptors (Lipinski definition) is 2. The Labute approximate surface area is 114 Å². The third kappa shape index (κ3) is 3.10. The highest BCUT2D eigenvalue weighted by molar-refractivity contribution is 6.15. The molecule has 0 aliphatic heterocycles. The SMILES string of the molecule is C=CNc1ccccc1C(=NCC)c1ccccc1. The van der Waals surface area contributed by atoms with Crippen LogP contribution in [0.3, 0.4) is 0 Å². The Morgan fingerprint density at radius 1 is 1.11 bits per heavy atom. The van der Waals surface area contributed by atoms with E-state index in [9.17, 15) is 0 Å². The summed E-state index contributed by atoms with van der Waals surface area (Å²) in [7, 11) is 0. The molecule has 0 saturated heterocycles. The maximum atomic E-state index is 4.65. The Morgan fingerprint density at radius 2 is 1.79 bits per heavy atom. The molecule has 1 N–H and O–H groups in total. The molecule has 0 aliphatic carbocycles. The van der Waals surface area contributed by atoms with Crippen LogP contribution in [-0.4, -0.2) is 12.3 Å². The van der Waals surface area contributed by atoms with Gasteiger partial charge in [0, 0.05) is 23.4 Å². The number of anilines is 1. The smallest absolute Gasteiger partial charge is 0.0739 e. The molecule has 0 saturated carbocycles. The number of benzene rings is 2. The zero-order valence-electron chi connectivity index (χ0n) is 11.1. The second kappa shape index (κ2) is 6.55. The molecule has 0 radical (unpaired) electrons. The minimum atomic E-state index is 0.757. The number of nitrogens with one attached hydrogen (secondary N) is 1. The van der Waals surface area contributed by atoms with Gasteiger partial charge in [-0.2, -0.15) is 0 Å². The van der Waals surface area contributed by atoms with Crippen LogP contribution in [-0.2, 0) is 0 Å². The van der Waals surface area contributed by atoms with Crippen LogP contribution < -0.4 is 5.32 Å². The first-order chi connectivity index (χ1) is 9.36.